The van der Waals surface area contributed by atoms with Crippen molar-refractivity contribution in [1.82, 2.24) is 25.1 Å². The Kier molecular flexibility index (Phi) is 5.58. The summed E-state index contributed by atoms with van der Waals surface area (Å²) in [5.74, 6) is 1.87. The van der Waals surface area contributed by atoms with E-state index in [0.717, 1.165) is 48.7 Å². The predicted octanol–water partition coefficient (Wildman–Crippen LogP) is 2.11. The van der Waals surface area contributed by atoms with Crippen LogP contribution in [0, 0.1) is 0 Å². The number of nitrogens with zero attached hydrogens (tertiary/aromatic N) is 4. The van der Waals surface area contributed by atoms with Crippen LogP contribution in [0.25, 0.3) is 11.0 Å². The van der Waals surface area contributed by atoms with E-state index in [4.69, 9.17) is 4.98 Å². The van der Waals surface area contributed by atoms with Crippen molar-refractivity contribution in [3.8, 4) is 0 Å². The molecule has 1 saturated heterocycles. The van der Waals surface area contributed by atoms with E-state index in [9.17, 15) is 0 Å². The van der Waals surface area contributed by atoms with Crippen molar-refractivity contribution in [2.75, 3.05) is 20.1 Å². The number of likely N-dealkylation sites (tertiary alicyclic amines) is 1. The third kappa shape index (κ3) is 4.12. The second-order valence-corrected chi connectivity index (χ2v) is 7.05. The lowest BCUT2D eigenvalue weighted by atomic mass is 10.0. The largest absolute Gasteiger partial charge is 0.354 e. The molecule has 2 N–H and O–H groups in total. The van der Waals surface area contributed by atoms with E-state index in [1.807, 2.05) is 19.2 Å². The molecule has 6 heteroatoms. The fourth-order valence-corrected chi connectivity index (χ4v) is 3.46. The van der Waals surface area contributed by atoms with E-state index < -0.39 is 0 Å². The molecular weight excluding hydrogens is 312 g/mol. The van der Waals surface area contributed by atoms with Gasteiger partial charge in [-0.1, -0.05) is 12.1 Å². The standard InChI is InChI=1S/C19H30N6/c1-14(2)25-11-9-15(10-12-25)22-19(20-3)21-13-18-23-16-7-5-6-8-17(16)24(18)4/h5-8,14-15H,9-13H2,1-4H3,(H2,20,21,22). The van der Waals surface area contributed by atoms with Crippen molar-refractivity contribution >= 4 is 17.0 Å². The van der Waals surface area contributed by atoms with Gasteiger partial charge in [0.2, 0.25) is 0 Å². The molecule has 136 valence electrons. The van der Waals surface area contributed by atoms with Crippen molar-refractivity contribution in [1.29, 1.82) is 0 Å². The quantitative estimate of drug-likeness (QED) is 0.660. The summed E-state index contributed by atoms with van der Waals surface area (Å²) in [6, 6.07) is 9.34. The van der Waals surface area contributed by atoms with Gasteiger partial charge in [-0.15, -0.1) is 0 Å². The van der Waals surface area contributed by atoms with Gasteiger partial charge >= 0.3 is 0 Å². The van der Waals surface area contributed by atoms with Crippen molar-refractivity contribution in [2.24, 2.45) is 12.0 Å². The monoisotopic (exact) mass is 342 g/mol. The molecule has 1 fully saturated rings. The fraction of sp³-hybridized carbons (Fsp3) is 0.579. The van der Waals surface area contributed by atoms with Crippen LogP contribution in [0.1, 0.15) is 32.5 Å². The van der Waals surface area contributed by atoms with Gasteiger partial charge in [-0.25, -0.2) is 4.98 Å². The summed E-state index contributed by atoms with van der Waals surface area (Å²) < 4.78 is 2.14. The molecule has 0 aliphatic carbocycles. The molecule has 0 unspecified atom stereocenters. The van der Waals surface area contributed by atoms with Crippen molar-refractivity contribution in [3.63, 3.8) is 0 Å². The number of rotatable bonds is 4. The zero-order valence-corrected chi connectivity index (χ0v) is 15.8. The number of para-hydroxylation sites is 2. The molecule has 1 aliphatic rings. The molecule has 6 nitrogen and oxygen atoms in total. The van der Waals surface area contributed by atoms with Crippen LogP contribution < -0.4 is 10.6 Å². The molecule has 1 aliphatic heterocycles. The minimum absolute atomic E-state index is 0.488. The fourth-order valence-electron chi connectivity index (χ4n) is 3.46. The number of aliphatic imine (C=N–C) groups is 1. The van der Waals surface area contributed by atoms with Crippen LogP contribution in [-0.4, -0.2) is 52.6 Å². The van der Waals surface area contributed by atoms with E-state index in [2.05, 4.69) is 58.1 Å². The maximum Gasteiger partial charge on any atom is 0.191 e. The molecule has 0 radical (unpaired) electrons. The third-order valence-electron chi connectivity index (χ3n) is 5.12. The van der Waals surface area contributed by atoms with Crippen molar-refractivity contribution < 1.29 is 0 Å². The third-order valence-corrected chi connectivity index (χ3v) is 5.12. The van der Waals surface area contributed by atoms with E-state index in [1.165, 1.54) is 0 Å². The number of nitrogens with one attached hydrogen (secondary N) is 2. The van der Waals surface area contributed by atoms with Gasteiger partial charge in [-0.05, 0) is 38.8 Å². The minimum Gasteiger partial charge on any atom is -0.354 e. The highest BCUT2D eigenvalue weighted by molar-refractivity contribution is 5.80. The Morgan fingerprint density at radius 3 is 2.64 bits per heavy atom. The zero-order chi connectivity index (χ0) is 17.8. The number of guanidine groups is 1. The minimum atomic E-state index is 0.488. The van der Waals surface area contributed by atoms with Gasteiger partial charge in [-0.3, -0.25) is 4.99 Å². The molecule has 1 aromatic heterocycles. The van der Waals surface area contributed by atoms with Gasteiger partial charge in [0.15, 0.2) is 5.96 Å². The molecule has 0 amide bonds. The lowest BCUT2D eigenvalue weighted by molar-refractivity contribution is 0.167. The van der Waals surface area contributed by atoms with Gasteiger partial charge < -0.3 is 20.1 Å². The molecule has 1 aromatic carbocycles. The van der Waals surface area contributed by atoms with Crippen LogP contribution in [0.3, 0.4) is 0 Å². The van der Waals surface area contributed by atoms with E-state index in [-0.39, 0.29) is 0 Å². The molecule has 2 heterocycles. The van der Waals surface area contributed by atoms with Gasteiger partial charge in [0.25, 0.3) is 0 Å². The summed E-state index contributed by atoms with van der Waals surface area (Å²) >= 11 is 0. The summed E-state index contributed by atoms with van der Waals surface area (Å²) in [7, 11) is 3.89. The first-order valence-electron chi connectivity index (χ1n) is 9.20. The number of hydrogen-bond donors (Lipinski definition) is 2. The Hall–Kier alpha value is -2.08. The van der Waals surface area contributed by atoms with Crippen LogP contribution in [0.15, 0.2) is 29.3 Å². The number of hydrogen-bond acceptors (Lipinski definition) is 3. The van der Waals surface area contributed by atoms with Crippen molar-refractivity contribution in [3.05, 3.63) is 30.1 Å². The smallest absolute Gasteiger partial charge is 0.191 e. The summed E-state index contributed by atoms with van der Waals surface area (Å²) in [6.45, 7) is 7.50. The highest BCUT2D eigenvalue weighted by Crippen LogP contribution is 2.14. The Balaban J connectivity index is 1.55. The molecular formula is C19H30N6. The van der Waals surface area contributed by atoms with Crippen LogP contribution >= 0.6 is 0 Å². The molecule has 3 rings (SSSR count). The second kappa shape index (κ2) is 7.87. The first kappa shape index (κ1) is 17.7. The summed E-state index contributed by atoms with van der Waals surface area (Å²) in [5, 5.41) is 6.97. The van der Waals surface area contributed by atoms with Crippen LogP contribution in [-0.2, 0) is 13.6 Å². The van der Waals surface area contributed by atoms with Crippen molar-refractivity contribution in [2.45, 2.75) is 45.3 Å². The van der Waals surface area contributed by atoms with E-state index >= 15 is 0 Å². The van der Waals surface area contributed by atoms with Gasteiger partial charge in [0.05, 0.1) is 17.6 Å². The first-order chi connectivity index (χ1) is 12.1. The topological polar surface area (TPSA) is 57.5 Å². The number of fused-ring (bicyclic) bond motifs is 1. The first-order valence-corrected chi connectivity index (χ1v) is 9.20. The summed E-state index contributed by atoms with van der Waals surface area (Å²) in [5.41, 5.74) is 2.19. The highest BCUT2D eigenvalue weighted by Gasteiger charge is 2.21. The highest BCUT2D eigenvalue weighted by atomic mass is 15.2. The Morgan fingerprint density at radius 1 is 1.28 bits per heavy atom. The van der Waals surface area contributed by atoms with E-state index in [1.54, 1.807) is 0 Å². The lowest BCUT2D eigenvalue weighted by Crippen LogP contribution is -2.49. The second-order valence-electron chi connectivity index (χ2n) is 7.05. The van der Waals surface area contributed by atoms with E-state index in [0.29, 0.717) is 18.6 Å². The normalized spacial score (nSPS) is 17.4. The van der Waals surface area contributed by atoms with Gasteiger partial charge in [0.1, 0.15) is 5.82 Å². The van der Waals surface area contributed by atoms with Gasteiger partial charge in [0, 0.05) is 39.3 Å². The summed E-state index contributed by atoms with van der Waals surface area (Å²) in [4.78, 5) is 11.6. The maximum atomic E-state index is 4.71. The molecule has 0 spiro atoms. The lowest BCUT2D eigenvalue weighted by Gasteiger charge is -2.35. The molecule has 0 saturated carbocycles. The summed E-state index contributed by atoms with van der Waals surface area (Å²) in [6.07, 6.45) is 2.32. The molecule has 25 heavy (non-hydrogen) atoms. The predicted molar refractivity (Wildman–Crippen MR) is 104 cm³/mol. The number of aromatic nitrogens is 2. The Bertz CT molecular complexity index is 725. The number of aryl methyl sites for hydroxylation is 1. The SMILES string of the molecule is CN=C(NCc1nc2ccccc2n1C)NC1CCN(C(C)C)CC1. The zero-order valence-electron chi connectivity index (χ0n) is 15.8. The van der Waals surface area contributed by atoms with Crippen LogP contribution in [0.5, 0.6) is 0 Å². The Labute approximate surface area is 150 Å². The van der Waals surface area contributed by atoms with Gasteiger partial charge in [-0.2, -0.15) is 0 Å². The van der Waals surface area contributed by atoms with Crippen LogP contribution in [0.2, 0.25) is 0 Å². The molecule has 0 bridgehead atoms. The molecule has 0 atom stereocenters. The maximum absolute atomic E-state index is 4.71. The average Bonchev–Trinajstić information content (AvgIpc) is 2.95. The Morgan fingerprint density at radius 2 is 2.00 bits per heavy atom. The average molecular weight is 342 g/mol. The number of imidazole rings is 1. The number of piperidine rings is 1. The number of benzene rings is 1. The molecule has 2 aromatic rings. The van der Waals surface area contributed by atoms with Crippen LogP contribution in [0.4, 0.5) is 0 Å².